The molecule has 0 amide bonds. The smallest absolute Gasteiger partial charge is 0.252 e. The zero-order valence-electron chi connectivity index (χ0n) is 28.8. The first kappa shape index (κ1) is 30.1. The van der Waals surface area contributed by atoms with Gasteiger partial charge in [0.2, 0.25) is 0 Å². The van der Waals surface area contributed by atoms with E-state index in [-0.39, 0.29) is 6.71 Å². The van der Waals surface area contributed by atoms with Crippen LogP contribution >= 0.6 is 11.3 Å². The molecule has 0 saturated heterocycles. The molecule has 0 N–H and O–H groups in total. The predicted molar refractivity (Wildman–Crippen MR) is 228 cm³/mol. The Labute approximate surface area is 313 Å². The average molecular weight is 694 g/mol. The summed E-state index contributed by atoms with van der Waals surface area (Å²) in [5.41, 5.74) is 14.5. The molecular formula is C48H32BN3S. The Morgan fingerprint density at radius 3 is 1.74 bits per heavy atom. The summed E-state index contributed by atoms with van der Waals surface area (Å²) in [5, 5.41) is 2.59. The van der Waals surface area contributed by atoms with Crippen LogP contribution in [0.15, 0.2) is 194 Å². The Hall–Kier alpha value is -6.56. The van der Waals surface area contributed by atoms with Gasteiger partial charge in [-0.05, 0) is 95.3 Å². The van der Waals surface area contributed by atoms with E-state index >= 15 is 0 Å². The van der Waals surface area contributed by atoms with Crippen LogP contribution in [0.3, 0.4) is 0 Å². The van der Waals surface area contributed by atoms with Crippen molar-refractivity contribution in [3.63, 3.8) is 0 Å². The molecular weight excluding hydrogens is 661 g/mol. The first-order chi connectivity index (χ1) is 26.3. The highest BCUT2D eigenvalue weighted by atomic mass is 32.1. The Morgan fingerprint density at radius 2 is 0.981 bits per heavy atom. The minimum Gasteiger partial charge on any atom is -0.311 e. The van der Waals surface area contributed by atoms with E-state index in [1.807, 2.05) is 11.3 Å². The third-order valence-corrected chi connectivity index (χ3v) is 12.0. The third kappa shape index (κ3) is 4.61. The zero-order chi connectivity index (χ0) is 34.9. The number of fused-ring (bicyclic) bond motifs is 7. The Kier molecular flexibility index (Phi) is 6.82. The minimum atomic E-state index is 0.0672. The molecule has 11 rings (SSSR count). The molecule has 0 bridgehead atoms. The van der Waals surface area contributed by atoms with Gasteiger partial charge in [-0.25, -0.2) is 0 Å². The lowest BCUT2D eigenvalue weighted by Gasteiger charge is -2.44. The molecule has 0 unspecified atom stereocenters. The number of benzene rings is 8. The molecule has 0 atom stereocenters. The van der Waals surface area contributed by atoms with Gasteiger partial charge in [0.1, 0.15) is 0 Å². The van der Waals surface area contributed by atoms with Crippen molar-refractivity contribution in [1.82, 2.24) is 0 Å². The van der Waals surface area contributed by atoms with Crippen molar-refractivity contribution in [2.24, 2.45) is 0 Å². The van der Waals surface area contributed by atoms with E-state index in [1.165, 1.54) is 65.0 Å². The molecule has 3 heterocycles. The van der Waals surface area contributed by atoms with Crippen molar-refractivity contribution in [2.75, 3.05) is 14.7 Å². The maximum atomic E-state index is 2.48. The summed E-state index contributed by atoms with van der Waals surface area (Å²) < 4.78 is 2.59. The molecule has 0 spiro atoms. The maximum Gasteiger partial charge on any atom is 0.252 e. The molecule has 2 aliphatic heterocycles. The number of hydrogen-bond acceptors (Lipinski definition) is 4. The van der Waals surface area contributed by atoms with Crippen molar-refractivity contribution >= 4 is 106 Å². The quantitative estimate of drug-likeness (QED) is 0.166. The van der Waals surface area contributed by atoms with Gasteiger partial charge in [-0.1, -0.05) is 115 Å². The topological polar surface area (TPSA) is 9.72 Å². The van der Waals surface area contributed by atoms with E-state index < -0.39 is 0 Å². The SMILES string of the molecule is c1ccc(N2c3ccccc3B3c4ccc(N(c5ccccc5)c5cccc6c5sc5ccccc56)cc4N(c4ccccc4)c4cccc2c43)cc1. The molecule has 0 saturated carbocycles. The molecule has 9 aromatic rings. The van der Waals surface area contributed by atoms with Gasteiger partial charge in [0.25, 0.3) is 6.71 Å². The van der Waals surface area contributed by atoms with E-state index in [9.17, 15) is 0 Å². The van der Waals surface area contributed by atoms with Gasteiger partial charge in [-0.3, -0.25) is 0 Å². The molecule has 2 aliphatic rings. The van der Waals surface area contributed by atoms with E-state index in [1.54, 1.807) is 0 Å². The van der Waals surface area contributed by atoms with Gasteiger partial charge < -0.3 is 14.7 Å². The van der Waals surface area contributed by atoms with Crippen LogP contribution in [-0.4, -0.2) is 6.71 Å². The summed E-state index contributed by atoms with van der Waals surface area (Å²) in [6, 6.07) is 70.9. The van der Waals surface area contributed by atoms with Crippen LogP contribution in [-0.2, 0) is 0 Å². The lowest BCUT2D eigenvalue weighted by molar-refractivity contribution is 1.24. The monoisotopic (exact) mass is 693 g/mol. The Bertz CT molecular complexity index is 2820. The third-order valence-electron chi connectivity index (χ3n) is 10.8. The highest BCUT2D eigenvalue weighted by Crippen LogP contribution is 2.48. The summed E-state index contributed by atoms with van der Waals surface area (Å²) in [7, 11) is 0. The number of anilines is 9. The van der Waals surface area contributed by atoms with Gasteiger partial charge in [-0.2, -0.15) is 0 Å². The lowest BCUT2D eigenvalue weighted by Crippen LogP contribution is -2.61. The average Bonchev–Trinajstić information content (AvgIpc) is 3.61. The number of rotatable bonds is 5. The molecule has 5 heteroatoms. The van der Waals surface area contributed by atoms with Crippen LogP contribution in [0.4, 0.5) is 51.2 Å². The fourth-order valence-corrected chi connectivity index (χ4v) is 9.84. The second-order valence-corrected chi connectivity index (χ2v) is 14.8. The highest BCUT2D eigenvalue weighted by Gasteiger charge is 2.43. The lowest BCUT2D eigenvalue weighted by atomic mass is 9.33. The normalized spacial score (nSPS) is 12.8. The van der Waals surface area contributed by atoms with Crippen LogP contribution in [0.2, 0.25) is 0 Å². The molecule has 8 aromatic carbocycles. The van der Waals surface area contributed by atoms with E-state index in [2.05, 4.69) is 209 Å². The van der Waals surface area contributed by atoms with Crippen molar-refractivity contribution in [3.8, 4) is 0 Å². The van der Waals surface area contributed by atoms with E-state index in [0.717, 1.165) is 22.7 Å². The maximum absolute atomic E-state index is 2.48. The number of hydrogen-bond donors (Lipinski definition) is 0. The van der Waals surface area contributed by atoms with E-state index in [0.29, 0.717) is 0 Å². The van der Waals surface area contributed by atoms with Gasteiger partial charge in [0.05, 0.1) is 10.4 Å². The summed E-state index contributed by atoms with van der Waals surface area (Å²) in [6.07, 6.45) is 0. The Morgan fingerprint density at radius 1 is 0.415 bits per heavy atom. The zero-order valence-corrected chi connectivity index (χ0v) is 29.6. The fourth-order valence-electron chi connectivity index (χ4n) is 8.63. The molecule has 0 radical (unpaired) electrons. The van der Waals surface area contributed by atoms with E-state index in [4.69, 9.17) is 0 Å². The Balaban J connectivity index is 1.18. The standard InChI is InChI=1S/C48H32BN3S/c1-4-16-33(17-5-1)50(44-28-14-23-38-37-22-10-13-29-46(37)53-48(38)44)36-30-31-40-45(32-36)52(35-20-8-3-9-21-35)43-27-15-26-42-47(43)49(40)39-24-11-12-25-41(39)51(42)34-18-6-2-7-19-34/h1-32H. The first-order valence-electron chi connectivity index (χ1n) is 18.1. The van der Waals surface area contributed by atoms with Crippen LogP contribution < -0.4 is 31.1 Å². The molecule has 1 aromatic heterocycles. The van der Waals surface area contributed by atoms with Gasteiger partial charge >= 0.3 is 0 Å². The molecule has 0 aliphatic carbocycles. The van der Waals surface area contributed by atoms with Crippen LogP contribution in [0.25, 0.3) is 20.2 Å². The molecule has 53 heavy (non-hydrogen) atoms. The minimum absolute atomic E-state index is 0.0672. The van der Waals surface area contributed by atoms with Crippen molar-refractivity contribution in [3.05, 3.63) is 194 Å². The second-order valence-electron chi connectivity index (χ2n) is 13.7. The van der Waals surface area contributed by atoms with Crippen molar-refractivity contribution in [2.45, 2.75) is 0 Å². The molecule has 3 nitrogen and oxygen atoms in total. The number of para-hydroxylation sites is 4. The van der Waals surface area contributed by atoms with Gasteiger partial charge in [-0.15, -0.1) is 11.3 Å². The van der Waals surface area contributed by atoms with Crippen molar-refractivity contribution < 1.29 is 0 Å². The molecule has 0 fully saturated rings. The van der Waals surface area contributed by atoms with Gasteiger partial charge in [0.15, 0.2) is 0 Å². The number of nitrogens with zero attached hydrogens (tertiary/aromatic N) is 3. The largest absolute Gasteiger partial charge is 0.311 e. The number of thiophene rings is 1. The predicted octanol–water partition coefficient (Wildman–Crippen LogP) is 11.6. The van der Waals surface area contributed by atoms with Crippen LogP contribution in [0.5, 0.6) is 0 Å². The first-order valence-corrected chi connectivity index (χ1v) is 19.0. The summed E-state index contributed by atoms with van der Waals surface area (Å²) in [4.78, 5) is 7.36. The highest BCUT2D eigenvalue weighted by molar-refractivity contribution is 7.26. The van der Waals surface area contributed by atoms with Crippen molar-refractivity contribution in [1.29, 1.82) is 0 Å². The fraction of sp³-hybridized carbons (Fsp3) is 0. The van der Waals surface area contributed by atoms with Crippen LogP contribution in [0, 0.1) is 0 Å². The summed E-state index contributed by atoms with van der Waals surface area (Å²) in [6.45, 7) is 0.0672. The van der Waals surface area contributed by atoms with Gasteiger partial charge in [0, 0.05) is 61.0 Å². The summed E-state index contributed by atoms with van der Waals surface area (Å²) in [5.74, 6) is 0. The second kappa shape index (κ2) is 12.0. The summed E-state index contributed by atoms with van der Waals surface area (Å²) >= 11 is 1.87. The van der Waals surface area contributed by atoms with Crippen LogP contribution in [0.1, 0.15) is 0 Å². The molecule has 248 valence electrons.